The second-order valence-electron chi connectivity index (χ2n) is 3.54. The van der Waals surface area contributed by atoms with Crippen LogP contribution in [0.5, 0.6) is 0 Å². The molecule has 1 heterocycles. The van der Waals surface area contributed by atoms with Crippen LogP contribution < -0.4 is 0 Å². The summed E-state index contributed by atoms with van der Waals surface area (Å²) >= 11 is 5.75. The Morgan fingerprint density at radius 2 is 2.08 bits per heavy atom. The largest absolute Gasteiger partial charge is 0.386 e. The SMILES string of the molecule is CCc1nc(Cl)ccc1C(C)(C)O. The van der Waals surface area contributed by atoms with E-state index in [4.69, 9.17) is 11.6 Å². The minimum absolute atomic E-state index is 0.477. The van der Waals surface area contributed by atoms with Crippen LogP contribution in [0.2, 0.25) is 5.15 Å². The highest BCUT2D eigenvalue weighted by Crippen LogP contribution is 2.24. The van der Waals surface area contributed by atoms with Crippen molar-refractivity contribution >= 4 is 11.6 Å². The zero-order valence-electron chi connectivity index (χ0n) is 8.13. The molecule has 13 heavy (non-hydrogen) atoms. The molecule has 2 nitrogen and oxygen atoms in total. The Labute approximate surface area is 83.6 Å². The number of hydrogen-bond acceptors (Lipinski definition) is 2. The van der Waals surface area contributed by atoms with E-state index in [0.29, 0.717) is 5.15 Å². The fourth-order valence-corrected chi connectivity index (χ4v) is 1.47. The van der Waals surface area contributed by atoms with Crippen LogP contribution in [0.3, 0.4) is 0 Å². The van der Waals surface area contributed by atoms with Gasteiger partial charge in [0.2, 0.25) is 0 Å². The molecule has 0 aliphatic rings. The highest BCUT2D eigenvalue weighted by Gasteiger charge is 2.19. The van der Waals surface area contributed by atoms with Crippen molar-refractivity contribution in [1.29, 1.82) is 0 Å². The van der Waals surface area contributed by atoms with Crippen molar-refractivity contribution in [2.45, 2.75) is 32.8 Å². The molecule has 0 spiro atoms. The highest BCUT2D eigenvalue weighted by atomic mass is 35.5. The van der Waals surface area contributed by atoms with Gasteiger partial charge in [-0.05, 0) is 26.3 Å². The first-order valence-corrected chi connectivity index (χ1v) is 4.71. The normalized spacial score (nSPS) is 11.8. The Balaban J connectivity index is 3.22. The molecule has 1 rings (SSSR count). The van der Waals surface area contributed by atoms with Gasteiger partial charge in [-0.3, -0.25) is 0 Å². The van der Waals surface area contributed by atoms with E-state index in [1.807, 2.05) is 13.0 Å². The van der Waals surface area contributed by atoms with E-state index in [2.05, 4.69) is 4.98 Å². The molecule has 0 fully saturated rings. The Kier molecular flexibility index (Phi) is 2.94. The zero-order valence-corrected chi connectivity index (χ0v) is 8.89. The van der Waals surface area contributed by atoms with Crippen LogP contribution in [0.4, 0.5) is 0 Å². The number of aromatic nitrogens is 1. The van der Waals surface area contributed by atoms with Gasteiger partial charge in [-0.2, -0.15) is 0 Å². The van der Waals surface area contributed by atoms with Crippen molar-refractivity contribution in [2.75, 3.05) is 0 Å². The Morgan fingerprint density at radius 1 is 1.46 bits per heavy atom. The Morgan fingerprint density at radius 3 is 2.54 bits per heavy atom. The summed E-state index contributed by atoms with van der Waals surface area (Å²) in [5, 5.41) is 10.3. The third kappa shape index (κ3) is 2.42. The lowest BCUT2D eigenvalue weighted by Gasteiger charge is -2.20. The molecule has 0 amide bonds. The maximum absolute atomic E-state index is 9.81. The molecule has 0 aromatic carbocycles. The van der Waals surface area contributed by atoms with Crippen molar-refractivity contribution in [3.63, 3.8) is 0 Å². The first-order valence-electron chi connectivity index (χ1n) is 4.33. The Bertz CT molecular complexity index is 304. The topological polar surface area (TPSA) is 33.1 Å². The molecule has 0 aliphatic heterocycles. The van der Waals surface area contributed by atoms with Gasteiger partial charge in [-0.1, -0.05) is 24.6 Å². The molecule has 3 heteroatoms. The van der Waals surface area contributed by atoms with Crippen molar-refractivity contribution in [2.24, 2.45) is 0 Å². The van der Waals surface area contributed by atoms with Gasteiger partial charge in [0.15, 0.2) is 0 Å². The maximum Gasteiger partial charge on any atom is 0.129 e. The second-order valence-corrected chi connectivity index (χ2v) is 3.93. The monoisotopic (exact) mass is 199 g/mol. The number of pyridine rings is 1. The van der Waals surface area contributed by atoms with Gasteiger partial charge in [-0.25, -0.2) is 4.98 Å². The first kappa shape index (κ1) is 10.5. The lowest BCUT2D eigenvalue weighted by atomic mass is 9.96. The van der Waals surface area contributed by atoms with Crippen LogP contribution in [-0.2, 0) is 12.0 Å². The molecule has 0 aliphatic carbocycles. The quantitative estimate of drug-likeness (QED) is 0.743. The van der Waals surface area contributed by atoms with Crippen molar-refractivity contribution in [1.82, 2.24) is 4.98 Å². The zero-order chi connectivity index (χ0) is 10.1. The minimum Gasteiger partial charge on any atom is -0.386 e. The predicted octanol–water partition coefficient (Wildman–Crippen LogP) is 2.52. The van der Waals surface area contributed by atoms with Crippen molar-refractivity contribution < 1.29 is 5.11 Å². The third-order valence-electron chi connectivity index (χ3n) is 1.93. The molecular weight excluding hydrogens is 186 g/mol. The molecule has 0 atom stereocenters. The number of aliphatic hydroxyl groups is 1. The van der Waals surface area contributed by atoms with Crippen LogP contribution in [-0.4, -0.2) is 10.1 Å². The summed E-state index contributed by atoms with van der Waals surface area (Å²) in [6, 6.07) is 3.53. The minimum atomic E-state index is -0.844. The van der Waals surface area contributed by atoms with Gasteiger partial charge in [-0.15, -0.1) is 0 Å². The van der Waals surface area contributed by atoms with E-state index in [1.54, 1.807) is 19.9 Å². The smallest absolute Gasteiger partial charge is 0.129 e. The van der Waals surface area contributed by atoms with Gasteiger partial charge in [0, 0.05) is 11.3 Å². The average molecular weight is 200 g/mol. The molecule has 1 aromatic rings. The fraction of sp³-hybridized carbons (Fsp3) is 0.500. The fourth-order valence-electron chi connectivity index (χ4n) is 1.30. The average Bonchev–Trinajstić information content (AvgIpc) is 2.01. The Hall–Kier alpha value is -0.600. The summed E-state index contributed by atoms with van der Waals surface area (Å²) in [5.74, 6) is 0. The van der Waals surface area contributed by atoms with Crippen LogP contribution in [0.25, 0.3) is 0 Å². The van der Waals surface area contributed by atoms with Crippen LogP contribution >= 0.6 is 11.6 Å². The molecular formula is C10H14ClNO. The molecule has 0 saturated heterocycles. The summed E-state index contributed by atoms with van der Waals surface area (Å²) in [6.07, 6.45) is 0.778. The molecule has 72 valence electrons. The van der Waals surface area contributed by atoms with Crippen molar-refractivity contribution in [3.05, 3.63) is 28.5 Å². The summed E-state index contributed by atoms with van der Waals surface area (Å²) in [4.78, 5) is 4.16. The van der Waals surface area contributed by atoms with E-state index < -0.39 is 5.60 Å². The lowest BCUT2D eigenvalue weighted by molar-refractivity contribution is 0.0772. The number of rotatable bonds is 2. The van der Waals surface area contributed by atoms with Crippen LogP contribution in [0.1, 0.15) is 32.0 Å². The predicted molar refractivity (Wildman–Crippen MR) is 53.9 cm³/mol. The van der Waals surface area contributed by atoms with E-state index in [0.717, 1.165) is 17.7 Å². The number of nitrogens with zero attached hydrogens (tertiary/aromatic N) is 1. The lowest BCUT2D eigenvalue weighted by Crippen LogP contribution is -2.18. The van der Waals surface area contributed by atoms with E-state index in [1.165, 1.54) is 0 Å². The van der Waals surface area contributed by atoms with Gasteiger partial charge in [0.1, 0.15) is 5.15 Å². The summed E-state index contributed by atoms with van der Waals surface area (Å²) < 4.78 is 0. The number of halogens is 1. The van der Waals surface area contributed by atoms with E-state index in [-0.39, 0.29) is 0 Å². The highest BCUT2D eigenvalue weighted by molar-refractivity contribution is 6.29. The second kappa shape index (κ2) is 3.64. The molecule has 0 unspecified atom stereocenters. The maximum atomic E-state index is 9.81. The van der Waals surface area contributed by atoms with E-state index >= 15 is 0 Å². The van der Waals surface area contributed by atoms with Crippen LogP contribution in [0, 0.1) is 0 Å². The van der Waals surface area contributed by atoms with Crippen molar-refractivity contribution in [3.8, 4) is 0 Å². The summed E-state index contributed by atoms with van der Waals surface area (Å²) in [5.41, 5.74) is 0.863. The number of aryl methyl sites for hydroxylation is 1. The molecule has 0 radical (unpaired) electrons. The first-order chi connectivity index (χ1) is 5.95. The van der Waals surface area contributed by atoms with E-state index in [9.17, 15) is 5.11 Å². The molecule has 0 bridgehead atoms. The molecule has 0 saturated carbocycles. The number of hydrogen-bond donors (Lipinski definition) is 1. The standard InChI is InChI=1S/C10H14ClNO/c1-4-8-7(10(2,3)13)5-6-9(11)12-8/h5-6,13H,4H2,1-3H3. The van der Waals surface area contributed by atoms with Crippen LogP contribution in [0.15, 0.2) is 12.1 Å². The summed E-state index contributed by atoms with van der Waals surface area (Å²) in [6.45, 7) is 5.49. The molecule has 1 N–H and O–H groups in total. The van der Waals surface area contributed by atoms with Gasteiger partial charge in [0.25, 0.3) is 0 Å². The van der Waals surface area contributed by atoms with Gasteiger partial charge < -0.3 is 5.11 Å². The van der Waals surface area contributed by atoms with Gasteiger partial charge in [0.05, 0.1) is 5.60 Å². The van der Waals surface area contributed by atoms with Gasteiger partial charge >= 0.3 is 0 Å². The summed E-state index contributed by atoms with van der Waals surface area (Å²) in [7, 11) is 0. The molecule has 1 aromatic heterocycles. The third-order valence-corrected chi connectivity index (χ3v) is 2.14.